The molecular formula is C33H60N4O5S. The number of carbonyl (C=O) groups is 2. The Balaban J connectivity index is 1.70. The molecule has 10 heteroatoms. The largest absolute Gasteiger partial charge is 0.470 e. The van der Waals surface area contributed by atoms with Gasteiger partial charge in [-0.25, -0.2) is 0 Å². The molecule has 0 N–H and O–H groups in total. The molecule has 1 aliphatic rings. The first-order valence-corrected chi connectivity index (χ1v) is 17.7. The summed E-state index contributed by atoms with van der Waals surface area (Å²) in [6, 6.07) is 0. The standard InChI is InChI=1S/C33H60N4O5S/c1-6-7-8-9-10-11-12-13-14-15-16-17-18-19-20-21-30(39)42-29(26-37(28(2)38)33(3,4)5)27-41-32-31(34-43-35-32)36-22-24-40-25-23-36/h29H,6-27H2,1-5H3/t29-/m0/s1. The van der Waals surface area contributed by atoms with Gasteiger partial charge in [-0.3, -0.25) is 9.59 Å². The number of anilines is 1. The van der Waals surface area contributed by atoms with Gasteiger partial charge in [-0.05, 0) is 27.2 Å². The van der Waals surface area contributed by atoms with Crippen LogP contribution in [-0.2, 0) is 19.1 Å². The number of unbranched alkanes of at least 4 members (excludes halogenated alkanes) is 14. The highest BCUT2D eigenvalue weighted by Gasteiger charge is 2.30. The van der Waals surface area contributed by atoms with Gasteiger partial charge in [-0.15, -0.1) is 4.37 Å². The van der Waals surface area contributed by atoms with E-state index in [1.807, 2.05) is 20.8 Å². The van der Waals surface area contributed by atoms with Crippen LogP contribution in [0.3, 0.4) is 0 Å². The van der Waals surface area contributed by atoms with Crippen molar-refractivity contribution >= 4 is 29.4 Å². The second kappa shape index (κ2) is 21.7. The van der Waals surface area contributed by atoms with Crippen LogP contribution in [0.5, 0.6) is 5.88 Å². The molecule has 1 aromatic heterocycles. The van der Waals surface area contributed by atoms with Gasteiger partial charge < -0.3 is 24.0 Å². The van der Waals surface area contributed by atoms with Crippen LogP contribution >= 0.6 is 11.7 Å². The van der Waals surface area contributed by atoms with Gasteiger partial charge in [0.15, 0.2) is 6.10 Å². The first kappa shape index (κ1) is 37.2. The van der Waals surface area contributed by atoms with Gasteiger partial charge in [0.25, 0.3) is 5.88 Å². The van der Waals surface area contributed by atoms with Gasteiger partial charge in [0.1, 0.15) is 6.61 Å². The van der Waals surface area contributed by atoms with Crippen LogP contribution in [0.4, 0.5) is 5.82 Å². The van der Waals surface area contributed by atoms with Gasteiger partial charge in [-0.1, -0.05) is 96.8 Å². The lowest BCUT2D eigenvalue weighted by molar-refractivity contribution is -0.155. The number of hydrogen-bond acceptors (Lipinski definition) is 9. The summed E-state index contributed by atoms with van der Waals surface area (Å²) in [7, 11) is 0. The second-order valence-electron chi connectivity index (χ2n) is 12.9. The molecule has 1 aliphatic heterocycles. The van der Waals surface area contributed by atoms with E-state index >= 15 is 0 Å². The predicted octanol–water partition coefficient (Wildman–Crippen LogP) is 7.57. The van der Waals surface area contributed by atoms with Gasteiger partial charge in [0, 0.05) is 32.0 Å². The summed E-state index contributed by atoms with van der Waals surface area (Å²) in [5.41, 5.74) is -0.411. The van der Waals surface area contributed by atoms with E-state index in [2.05, 4.69) is 20.6 Å². The van der Waals surface area contributed by atoms with Crippen LogP contribution < -0.4 is 9.64 Å². The fraction of sp³-hybridized carbons (Fsp3) is 0.879. The number of esters is 1. The first-order valence-electron chi connectivity index (χ1n) is 17.0. The molecule has 1 amide bonds. The first-order chi connectivity index (χ1) is 20.7. The van der Waals surface area contributed by atoms with Crippen molar-refractivity contribution in [1.29, 1.82) is 0 Å². The maximum atomic E-state index is 12.8. The monoisotopic (exact) mass is 624 g/mol. The fourth-order valence-corrected chi connectivity index (χ4v) is 6.02. The Morgan fingerprint density at radius 3 is 1.93 bits per heavy atom. The van der Waals surface area contributed by atoms with Crippen molar-refractivity contribution in [2.45, 2.75) is 149 Å². The van der Waals surface area contributed by atoms with Crippen LogP contribution in [0.25, 0.3) is 0 Å². The van der Waals surface area contributed by atoms with Crippen LogP contribution in [0.15, 0.2) is 0 Å². The molecular weight excluding hydrogens is 564 g/mol. The van der Waals surface area contributed by atoms with Gasteiger partial charge in [0.2, 0.25) is 11.7 Å². The number of hydrogen-bond donors (Lipinski definition) is 0. The maximum Gasteiger partial charge on any atom is 0.306 e. The molecule has 2 rings (SSSR count). The maximum absolute atomic E-state index is 12.8. The van der Waals surface area contributed by atoms with E-state index in [9.17, 15) is 9.59 Å². The lowest BCUT2D eigenvalue weighted by Crippen LogP contribution is -2.50. The molecule has 0 bridgehead atoms. The molecule has 1 aromatic rings. The SMILES string of the molecule is CCCCCCCCCCCCCCCCCC(=O)O[C@H](COc1nsnc1N1CCOCC1)CN(C(C)=O)C(C)(C)C. The summed E-state index contributed by atoms with van der Waals surface area (Å²) in [6.07, 6.45) is 19.0. The Labute approximate surface area is 265 Å². The summed E-state index contributed by atoms with van der Waals surface area (Å²) < 4.78 is 26.1. The highest BCUT2D eigenvalue weighted by atomic mass is 32.1. The van der Waals surface area contributed by atoms with Gasteiger partial charge in [-0.2, -0.15) is 4.37 Å². The average Bonchev–Trinajstić information content (AvgIpc) is 3.45. The highest BCUT2D eigenvalue weighted by Crippen LogP contribution is 2.27. The summed E-state index contributed by atoms with van der Waals surface area (Å²) in [6.45, 7) is 12.8. The molecule has 0 aromatic carbocycles. The summed E-state index contributed by atoms with van der Waals surface area (Å²) in [5, 5.41) is 0. The molecule has 0 radical (unpaired) electrons. The molecule has 0 unspecified atom stereocenters. The summed E-state index contributed by atoms with van der Waals surface area (Å²) in [4.78, 5) is 29.1. The Hall–Kier alpha value is -1.94. The van der Waals surface area contributed by atoms with Crippen molar-refractivity contribution in [2.24, 2.45) is 0 Å². The molecule has 43 heavy (non-hydrogen) atoms. The second-order valence-corrected chi connectivity index (χ2v) is 13.4. The zero-order chi connectivity index (χ0) is 31.3. The van der Waals surface area contributed by atoms with Crippen molar-refractivity contribution in [1.82, 2.24) is 13.6 Å². The number of aromatic nitrogens is 2. The zero-order valence-corrected chi connectivity index (χ0v) is 28.7. The Kier molecular flexibility index (Phi) is 18.8. The van der Waals surface area contributed by atoms with E-state index < -0.39 is 11.6 Å². The Bertz CT molecular complexity index is 885. The number of amides is 1. The normalized spacial score (nSPS) is 14.5. The van der Waals surface area contributed by atoms with Crippen molar-refractivity contribution in [2.75, 3.05) is 44.4 Å². The number of nitrogens with zero attached hydrogens (tertiary/aromatic N) is 4. The quantitative estimate of drug-likeness (QED) is 0.0909. The predicted molar refractivity (Wildman–Crippen MR) is 175 cm³/mol. The minimum atomic E-state index is -0.605. The van der Waals surface area contributed by atoms with Crippen LogP contribution in [-0.4, -0.2) is 76.6 Å². The number of rotatable bonds is 23. The van der Waals surface area contributed by atoms with E-state index in [0.717, 1.165) is 44.1 Å². The molecule has 1 atom stereocenters. The molecule has 0 aliphatic carbocycles. The van der Waals surface area contributed by atoms with Crippen molar-refractivity contribution in [3.05, 3.63) is 0 Å². The molecule has 9 nitrogen and oxygen atoms in total. The van der Waals surface area contributed by atoms with Crippen molar-refractivity contribution in [3.8, 4) is 5.88 Å². The molecule has 1 saturated heterocycles. The smallest absolute Gasteiger partial charge is 0.306 e. The molecule has 0 saturated carbocycles. The van der Waals surface area contributed by atoms with E-state index in [1.165, 1.54) is 77.0 Å². The minimum absolute atomic E-state index is 0.0692. The zero-order valence-electron chi connectivity index (χ0n) is 27.9. The number of carbonyl (C=O) groups excluding carboxylic acids is 2. The minimum Gasteiger partial charge on any atom is -0.470 e. The lowest BCUT2D eigenvalue weighted by Gasteiger charge is -2.37. The topological polar surface area (TPSA) is 94.1 Å². The summed E-state index contributed by atoms with van der Waals surface area (Å²) >= 11 is 1.10. The molecule has 1 fully saturated rings. The third-order valence-corrected chi connectivity index (χ3v) is 8.52. The third kappa shape index (κ3) is 16.1. The van der Waals surface area contributed by atoms with E-state index in [1.54, 1.807) is 11.8 Å². The molecule has 0 spiro atoms. The van der Waals surface area contributed by atoms with E-state index in [-0.39, 0.29) is 25.0 Å². The Morgan fingerprint density at radius 1 is 0.884 bits per heavy atom. The molecule has 2 heterocycles. The van der Waals surface area contributed by atoms with Gasteiger partial charge in [0.05, 0.1) is 31.5 Å². The van der Waals surface area contributed by atoms with E-state index in [0.29, 0.717) is 31.3 Å². The fourth-order valence-electron chi connectivity index (χ4n) is 5.49. The third-order valence-electron chi connectivity index (χ3n) is 8.02. The average molecular weight is 625 g/mol. The Morgan fingerprint density at radius 2 is 1.42 bits per heavy atom. The summed E-state index contributed by atoms with van der Waals surface area (Å²) in [5.74, 6) is 0.807. The molecule has 248 valence electrons. The number of morpholine rings is 1. The van der Waals surface area contributed by atoms with Crippen LogP contribution in [0.1, 0.15) is 137 Å². The lowest BCUT2D eigenvalue weighted by atomic mass is 10.0. The van der Waals surface area contributed by atoms with Gasteiger partial charge >= 0.3 is 5.97 Å². The number of ether oxygens (including phenoxy) is 3. The van der Waals surface area contributed by atoms with E-state index in [4.69, 9.17) is 14.2 Å². The van der Waals surface area contributed by atoms with Crippen LogP contribution in [0, 0.1) is 0 Å². The van der Waals surface area contributed by atoms with Crippen molar-refractivity contribution in [3.63, 3.8) is 0 Å². The van der Waals surface area contributed by atoms with Crippen molar-refractivity contribution < 1.29 is 23.8 Å². The highest BCUT2D eigenvalue weighted by molar-refractivity contribution is 6.99. The van der Waals surface area contributed by atoms with Crippen LogP contribution in [0.2, 0.25) is 0 Å².